The molecule has 2 saturated carbocycles. The van der Waals surface area contributed by atoms with Gasteiger partial charge in [-0.05, 0) is 24.2 Å². The third kappa shape index (κ3) is 1.73. The average Bonchev–Trinajstić information content (AvgIpc) is 2.69. The normalized spacial score (nSPS) is 43.9. The Balaban J connectivity index is 1.79. The molecule has 3 rings (SSSR count). The Morgan fingerprint density at radius 3 is 2.72 bits per heavy atom. The van der Waals surface area contributed by atoms with E-state index in [1.807, 2.05) is 6.92 Å². The quantitative estimate of drug-likeness (QED) is 0.746. The molecule has 3 nitrogen and oxygen atoms in total. The summed E-state index contributed by atoms with van der Waals surface area (Å²) in [5, 5.41) is 13.2. The van der Waals surface area contributed by atoms with Gasteiger partial charge in [0.2, 0.25) is 0 Å². The molecular weight excluding hydrogens is 246 g/mol. The fourth-order valence-corrected chi connectivity index (χ4v) is 4.83. The zero-order valence-electron chi connectivity index (χ0n) is 11.2. The third-order valence-electron chi connectivity index (χ3n) is 4.92. The molecule has 0 spiro atoms. The largest absolute Gasteiger partial charge is 0.390 e. The summed E-state index contributed by atoms with van der Waals surface area (Å²) in [6.45, 7) is 6.50. The van der Waals surface area contributed by atoms with Crippen LogP contribution in [0.5, 0.6) is 0 Å². The van der Waals surface area contributed by atoms with Gasteiger partial charge in [-0.2, -0.15) is 11.8 Å². The van der Waals surface area contributed by atoms with Crippen molar-refractivity contribution in [2.75, 3.05) is 11.5 Å². The van der Waals surface area contributed by atoms with Gasteiger partial charge in [0.15, 0.2) is 5.78 Å². The highest BCUT2D eigenvalue weighted by Crippen LogP contribution is 2.68. The number of aliphatic hydroxyl groups is 1. The highest BCUT2D eigenvalue weighted by atomic mass is 32.2. The summed E-state index contributed by atoms with van der Waals surface area (Å²) in [6.07, 6.45) is 0.429. The first kappa shape index (κ1) is 12.5. The number of ketones is 1. The predicted octanol–water partition coefficient (Wildman–Crippen LogP) is 1.57. The minimum absolute atomic E-state index is 0.108. The van der Waals surface area contributed by atoms with Gasteiger partial charge in [-0.15, -0.1) is 0 Å². The SMILES string of the molecule is CC(N[C@@H]1CSC[C@@H]1O)=C1C(=O)C[C@H]2[C@@H]1C2(C)C. The molecule has 1 aliphatic heterocycles. The standard InChI is InChI=1S/C14H21NO2S/c1-7(15-9-5-18-6-11(9)17)12-10(16)4-8-13(12)14(8,2)3/h8-9,11,13,15,17H,4-6H2,1-3H3/t8-,9+,11-,13-/m0/s1. The predicted molar refractivity (Wildman–Crippen MR) is 73.3 cm³/mol. The van der Waals surface area contributed by atoms with Crippen LogP contribution < -0.4 is 5.32 Å². The van der Waals surface area contributed by atoms with Gasteiger partial charge >= 0.3 is 0 Å². The van der Waals surface area contributed by atoms with Gasteiger partial charge in [0.1, 0.15) is 0 Å². The van der Waals surface area contributed by atoms with Crippen LogP contribution >= 0.6 is 11.8 Å². The van der Waals surface area contributed by atoms with Crippen molar-refractivity contribution in [1.82, 2.24) is 5.32 Å². The van der Waals surface area contributed by atoms with Crippen molar-refractivity contribution < 1.29 is 9.90 Å². The van der Waals surface area contributed by atoms with E-state index in [2.05, 4.69) is 19.2 Å². The van der Waals surface area contributed by atoms with Gasteiger partial charge in [0, 0.05) is 29.2 Å². The van der Waals surface area contributed by atoms with Crippen LogP contribution in [-0.4, -0.2) is 34.5 Å². The van der Waals surface area contributed by atoms with Crippen LogP contribution in [0, 0.1) is 17.3 Å². The van der Waals surface area contributed by atoms with Crippen LogP contribution in [0.15, 0.2) is 11.3 Å². The van der Waals surface area contributed by atoms with Crippen molar-refractivity contribution in [2.45, 2.75) is 39.3 Å². The molecule has 2 N–H and O–H groups in total. The minimum atomic E-state index is -0.287. The molecule has 3 aliphatic rings. The highest BCUT2D eigenvalue weighted by molar-refractivity contribution is 7.99. The van der Waals surface area contributed by atoms with Gasteiger partial charge in [-0.1, -0.05) is 13.8 Å². The maximum atomic E-state index is 12.0. The Morgan fingerprint density at radius 1 is 1.44 bits per heavy atom. The second kappa shape index (κ2) is 4.01. The molecule has 1 saturated heterocycles. The Bertz CT molecular complexity index is 430. The second-order valence-electron chi connectivity index (χ2n) is 6.43. The zero-order chi connectivity index (χ0) is 13.1. The molecule has 1 heterocycles. The molecule has 2 aliphatic carbocycles. The molecule has 0 amide bonds. The summed E-state index contributed by atoms with van der Waals surface area (Å²) >= 11 is 1.77. The Hall–Kier alpha value is -0.480. The average molecular weight is 267 g/mol. The molecule has 0 aromatic heterocycles. The zero-order valence-corrected chi connectivity index (χ0v) is 12.0. The summed E-state index contributed by atoms with van der Waals surface area (Å²) < 4.78 is 0. The van der Waals surface area contributed by atoms with Crippen LogP contribution in [-0.2, 0) is 4.79 Å². The van der Waals surface area contributed by atoms with Crippen LogP contribution in [0.4, 0.5) is 0 Å². The Labute approximate surface area is 112 Å². The van der Waals surface area contributed by atoms with Crippen LogP contribution in [0.3, 0.4) is 0 Å². The molecule has 0 aromatic rings. The van der Waals surface area contributed by atoms with Crippen LogP contribution in [0.25, 0.3) is 0 Å². The van der Waals surface area contributed by atoms with E-state index in [0.717, 1.165) is 22.8 Å². The molecule has 100 valence electrons. The monoisotopic (exact) mass is 267 g/mol. The molecule has 4 atom stereocenters. The van der Waals surface area contributed by atoms with E-state index in [4.69, 9.17) is 0 Å². The fraction of sp³-hybridized carbons (Fsp3) is 0.786. The van der Waals surface area contributed by atoms with Gasteiger partial charge in [0.25, 0.3) is 0 Å². The van der Waals surface area contributed by atoms with Crippen molar-refractivity contribution >= 4 is 17.5 Å². The summed E-state index contributed by atoms with van der Waals surface area (Å²) in [6, 6.07) is 0.108. The highest BCUT2D eigenvalue weighted by Gasteiger charge is 2.65. The number of thioether (sulfide) groups is 1. The molecule has 0 bridgehead atoms. The van der Waals surface area contributed by atoms with Crippen LogP contribution in [0.2, 0.25) is 0 Å². The number of hydrogen-bond donors (Lipinski definition) is 2. The van der Waals surface area contributed by atoms with E-state index in [9.17, 15) is 9.90 Å². The molecule has 0 unspecified atom stereocenters. The second-order valence-corrected chi connectivity index (χ2v) is 7.50. The lowest BCUT2D eigenvalue weighted by molar-refractivity contribution is -0.115. The number of rotatable bonds is 2. The molecule has 4 heteroatoms. The number of aliphatic hydroxyl groups excluding tert-OH is 1. The maximum absolute atomic E-state index is 12.0. The van der Waals surface area contributed by atoms with E-state index in [0.29, 0.717) is 29.5 Å². The molecular formula is C14H21NO2S. The van der Waals surface area contributed by atoms with Crippen molar-refractivity contribution in [3.63, 3.8) is 0 Å². The first-order valence-corrected chi connectivity index (χ1v) is 7.84. The number of carbonyl (C=O) groups is 1. The maximum Gasteiger partial charge on any atom is 0.161 e. The summed E-state index contributed by atoms with van der Waals surface area (Å²) in [7, 11) is 0. The van der Waals surface area contributed by atoms with E-state index in [-0.39, 0.29) is 12.1 Å². The molecule has 18 heavy (non-hydrogen) atoms. The topological polar surface area (TPSA) is 49.3 Å². The van der Waals surface area contributed by atoms with Gasteiger partial charge in [-0.3, -0.25) is 4.79 Å². The lowest BCUT2D eigenvalue weighted by atomic mass is 9.95. The number of Topliss-reactive ketones (excluding diaryl/α,β-unsaturated/α-hetero) is 1. The molecule has 3 fully saturated rings. The molecule has 0 radical (unpaired) electrons. The first-order chi connectivity index (χ1) is 8.43. The smallest absolute Gasteiger partial charge is 0.161 e. The minimum Gasteiger partial charge on any atom is -0.390 e. The van der Waals surface area contributed by atoms with Crippen molar-refractivity contribution in [1.29, 1.82) is 0 Å². The molecule has 0 aromatic carbocycles. The number of fused-ring (bicyclic) bond motifs is 1. The van der Waals surface area contributed by atoms with Crippen molar-refractivity contribution in [3.05, 3.63) is 11.3 Å². The Morgan fingerprint density at radius 2 is 2.17 bits per heavy atom. The van der Waals surface area contributed by atoms with E-state index in [1.165, 1.54) is 0 Å². The number of carbonyl (C=O) groups excluding carboxylic acids is 1. The lowest BCUT2D eigenvalue weighted by Gasteiger charge is -2.20. The first-order valence-electron chi connectivity index (χ1n) is 6.69. The van der Waals surface area contributed by atoms with Gasteiger partial charge in [-0.25, -0.2) is 0 Å². The van der Waals surface area contributed by atoms with Gasteiger partial charge in [0.05, 0.1) is 12.1 Å². The third-order valence-corrected chi connectivity index (χ3v) is 6.10. The van der Waals surface area contributed by atoms with Crippen molar-refractivity contribution in [2.24, 2.45) is 17.3 Å². The fourth-order valence-electron chi connectivity index (χ4n) is 3.66. The number of allylic oxidation sites excluding steroid dienone is 2. The summed E-state index contributed by atoms with van der Waals surface area (Å²) in [5.74, 6) is 3.04. The van der Waals surface area contributed by atoms with E-state index >= 15 is 0 Å². The summed E-state index contributed by atoms with van der Waals surface area (Å²) in [5.41, 5.74) is 2.31. The van der Waals surface area contributed by atoms with Crippen LogP contribution in [0.1, 0.15) is 27.2 Å². The number of nitrogens with one attached hydrogen (secondary N) is 1. The number of hydrogen-bond acceptors (Lipinski definition) is 4. The lowest BCUT2D eigenvalue weighted by Crippen LogP contribution is -2.38. The van der Waals surface area contributed by atoms with E-state index in [1.54, 1.807) is 11.8 Å². The van der Waals surface area contributed by atoms with E-state index < -0.39 is 0 Å². The van der Waals surface area contributed by atoms with Gasteiger partial charge < -0.3 is 10.4 Å². The summed E-state index contributed by atoms with van der Waals surface area (Å²) in [4.78, 5) is 12.0. The van der Waals surface area contributed by atoms with Crippen molar-refractivity contribution in [3.8, 4) is 0 Å². The Kier molecular flexibility index (Phi) is 2.79.